The van der Waals surface area contributed by atoms with Crippen LogP contribution in [0.5, 0.6) is 5.75 Å². The Kier molecular flexibility index (Phi) is 5.21. The quantitative estimate of drug-likeness (QED) is 0.873. The van der Waals surface area contributed by atoms with E-state index in [9.17, 15) is 4.39 Å². The van der Waals surface area contributed by atoms with Crippen LogP contribution >= 0.6 is 11.6 Å². The number of hydrogen-bond donors (Lipinski definition) is 1. The molecule has 0 saturated carbocycles. The number of ether oxygens (including phenoxy) is 1. The lowest BCUT2D eigenvalue weighted by Gasteiger charge is -2.26. The molecule has 112 valence electrons. The van der Waals surface area contributed by atoms with Gasteiger partial charge < -0.3 is 10.5 Å². The highest BCUT2D eigenvalue weighted by Crippen LogP contribution is 2.31. The topological polar surface area (TPSA) is 35.2 Å². The molecule has 2 aromatic carbocycles. The van der Waals surface area contributed by atoms with Crippen LogP contribution < -0.4 is 10.5 Å². The summed E-state index contributed by atoms with van der Waals surface area (Å²) in [7, 11) is 0. The van der Waals surface area contributed by atoms with E-state index in [-0.39, 0.29) is 18.0 Å². The van der Waals surface area contributed by atoms with Gasteiger partial charge in [0.15, 0.2) is 0 Å². The van der Waals surface area contributed by atoms with Gasteiger partial charge >= 0.3 is 0 Å². The first-order valence-corrected chi connectivity index (χ1v) is 7.33. The van der Waals surface area contributed by atoms with Gasteiger partial charge in [-0.25, -0.2) is 4.39 Å². The molecular weight excluding hydrogens is 289 g/mol. The largest absolute Gasteiger partial charge is 0.484 e. The highest BCUT2D eigenvalue weighted by molar-refractivity contribution is 6.31. The number of halogens is 2. The molecule has 0 aliphatic rings. The van der Waals surface area contributed by atoms with E-state index in [0.29, 0.717) is 10.8 Å². The Bertz CT molecular complexity index is 617. The van der Waals surface area contributed by atoms with Crippen LogP contribution in [-0.2, 0) is 0 Å². The van der Waals surface area contributed by atoms with Gasteiger partial charge in [0.25, 0.3) is 0 Å². The van der Waals surface area contributed by atoms with Gasteiger partial charge in [0.2, 0.25) is 0 Å². The minimum absolute atomic E-state index is 0.200. The van der Waals surface area contributed by atoms with Gasteiger partial charge in [-0.2, -0.15) is 0 Å². The summed E-state index contributed by atoms with van der Waals surface area (Å²) in [5, 5.41) is 0.617. The van der Waals surface area contributed by atoms with Crippen LogP contribution in [0.4, 0.5) is 4.39 Å². The number of aryl methyl sites for hydroxylation is 1. The Morgan fingerprint density at radius 1 is 1.24 bits per heavy atom. The third-order valence-electron chi connectivity index (χ3n) is 3.46. The summed E-state index contributed by atoms with van der Waals surface area (Å²) in [6.07, 6.45) is 0.378. The molecule has 2 unspecified atom stereocenters. The van der Waals surface area contributed by atoms with Gasteiger partial charge in [0, 0.05) is 16.6 Å². The first kappa shape index (κ1) is 15.8. The zero-order valence-electron chi connectivity index (χ0n) is 12.1. The molecule has 0 amide bonds. The molecule has 0 radical (unpaired) electrons. The van der Waals surface area contributed by atoms with E-state index in [1.807, 2.05) is 31.2 Å². The zero-order chi connectivity index (χ0) is 15.4. The van der Waals surface area contributed by atoms with Crippen molar-refractivity contribution in [2.75, 3.05) is 0 Å². The van der Waals surface area contributed by atoms with Gasteiger partial charge in [-0.05, 0) is 43.2 Å². The van der Waals surface area contributed by atoms with Crippen molar-refractivity contribution in [3.05, 3.63) is 64.4 Å². The molecule has 2 N–H and O–H groups in total. The normalized spacial score (nSPS) is 13.8. The van der Waals surface area contributed by atoms with E-state index in [2.05, 4.69) is 0 Å². The second-order valence-corrected chi connectivity index (χ2v) is 5.45. The summed E-state index contributed by atoms with van der Waals surface area (Å²) in [5.74, 6) is 0.333. The third kappa shape index (κ3) is 3.74. The molecule has 0 saturated heterocycles. The summed E-state index contributed by atoms with van der Waals surface area (Å²) in [4.78, 5) is 0. The fourth-order valence-electron chi connectivity index (χ4n) is 2.18. The van der Waals surface area contributed by atoms with Crippen LogP contribution in [0.25, 0.3) is 0 Å². The van der Waals surface area contributed by atoms with E-state index >= 15 is 0 Å². The summed E-state index contributed by atoms with van der Waals surface area (Å²) < 4.78 is 19.2. The number of rotatable bonds is 5. The van der Waals surface area contributed by atoms with E-state index in [4.69, 9.17) is 22.1 Å². The standard InChI is InChI=1S/C17H19ClFNO/c1-3-15(20)17(13-6-4-5-7-14(13)18)21-16-9-8-12(19)10-11(16)2/h4-10,15,17H,3,20H2,1-2H3. The Morgan fingerprint density at radius 3 is 2.57 bits per heavy atom. The second-order valence-electron chi connectivity index (χ2n) is 5.04. The molecule has 2 atom stereocenters. The van der Waals surface area contributed by atoms with Crippen LogP contribution in [-0.4, -0.2) is 6.04 Å². The molecule has 2 nitrogen and oxygen atoms in total. The lowest BCUT2D eigenvalue weighted by Crippen LogP contribution is -2.31. The van der Waals surface area contributed by atoms with Crippen LogP contribution in [0.3, 0.4) is 0 Å². The second kappa shape index (κ2) is 6.92. The average molecular weight is 308 g/mol. The van der Waals surface area contributed by atoms with E-state index in [0.717, 1.165) is 17.5 Å². The third-order valence-corrected chi connectivity index (χ3v) is 3.81. The maximum absolute atomic E-state index is 13.2. The lowest BCUT2D eigenvalue weighted by atomic mass is 10.0. The average Bonchev–Trinajstić information content (AvgIpc) is 2.47. The molecule has 0 heterocycles. The van der Waals surface area contributed by atoms with Crippen molar-refractivity contribution < 1.29 is 9.13 Å². The smallest absolute Gasteiger partial charge is 0.140 e. The van der Waals surface area contributed by atoms with Crippen molar-refractivity contribution >= 4 is 11.6 Å². The van der Waals surface area contributed by atoms with Gasteiger partial charge in [-0.3, -0.25) is 0 Å². The van der Waals surface area contributed by atoms with Crippen LogP contribution in [0, 0.1) is 12.7 Å². The Balaban J connectivity index is 2.35. The van der Waals surface area contributed by atoms with Crippen molar-refractivity contribution in [1.82, 2.24) is 0 Å². The summed E-state index contributed by atoms with van der Waals surface area (Å²) >= 11 is 6.26. The fourth-order valence-corrected chi connectivity index (χ4v) is 2.43. The Morgan fingerprint density at radius 2 is 1.95 bits per heavy atom. The highest BCUT2D eigenvalue weighted by Gasteiger charge is 2.23. The first-order valence-electron chi connectivity index (χ1n) is 6.95. The van der Waals surface area contributed by atoms with Crippen molar-refractivity contribution in [3.63, 3.8) is 0 Å². The summed E-state index contributed by atoms with van der Waals surface area (Å²) in [6, 6.07) is 11.7. The molecule has 0 bridgehead atoms. The molecular formula is C17H19ClFNO. The molecule has 2 rings (SSSR count). The van der Waals surface area contributed by atoms with E-state index < -0.39 is 0 Å². The van der Waals surface area contributed by atoms with Gasteiger partial charge in [0.1, 0.15) is 17.7 Å². The minimum Gasteiger partial charge on any atom is -0.484 e. The number of hydrogen-bond acceptors (Lipinski definition) is 2. The summed E-state index contributed by atoms with van der Waals surface area (Å²) in [5.41, 5.74) is 7.76. The molecule has 21 heavy (non-hydrogen) atoms. The maximum atomic E-state index is 13.2. The number of nitrogens with two attached hydrogens (primary N) is 1. The van der Waals surface area contributed by atoms with Crippen molar-refractivity contribution in [2.45, 2.75) is 32.4 Å². The SMILES string of the molecule is CCC(N)C(Oc1ccc(F)cc1C)c1ccccc1Cl. The Labute approximate surface area is 129 Å². The van der Waals surface area contributed by atoms with Crippen LogP contribution in [0.15, 0.2) is 42.5 Å². The minimum atomic E-state index is -0.368. The maximum Gasteiger partial charge on any atom is 0.140 e. The van der Waals surface area contributed by atoms with Crippen molar-refractivity contribution in [3.8, 4) is 5.75 Å². The predicted molar refractivity (Wildman–Crippen MR) is 84.2 cm³/mol. The molecule has 0 fully saturated rings. The van der Waals surface area contributed by atoms with Gasteiger partial charge in [-0.1, -0.05) is 36.7 Å². The fraction of sp³-hybridized carbons (Fsp3) is 0.294. The van der Waals surface area contributed by atoms with Crippen LogP contribution in [0.1, 0.15) is 30.6 Å². The van der Waals surface area contributed by atoms with Crippen molar-refractivity contribution in [1.29, 1.82) is 0 Å². The molecule has 0 aliphatic heterocycles. The van der Waals surface area contributed by atoms with Crippen molar-refractivity contribution in [2.24, 2.45) is 5.73 Å². The molecule has 0 aliphatic carbocycles. The highest BCUT2D eigenvalue weighted by atomic mass is 35.5. The molecule has 2 aromatic rings. The van der Waals surface area contributed by atoms with E-state index in [1.165, 1.54) is 12.1 Å². The number of benzene rings is 2. The van der Waals surface area contributed by atoms with Gasteiger partial charge in [-0.15, -0.1) is 0 Å². The predicted octanol–water partition coefficient (Wildman–Crippen LogP) is 4.64. The molecule has 0 aromatic heterocycles. The zero-order valence-corrected chi connectivity index (χ0v) is 12.9. The van der Waals surface area contributed by atoms with E-state index in [1.54, 1.807) is 13.0 Å². The van der Waals surface area contributed by atoms with Gasteiger partial charge in [0.05, 0.1) is 0 Å². The first-order chi connectivity index (χ1) is 10.0. The monoisotopic (exact) mass is 307 g/mol. The van der Waals surface area contributed by atoms with Crippen LogP contribution in [0.2, 0.25) is 5.02 Å². The Hall–Kier alpha value is -1.58. The lowest BCUT2D eigenvalue weighted by molar-refractivity contribution is 0.170. The molecule has 0 spiro atoms. The molecule has 4 heteroatoms. The summed E-state index contributed by atoms with van der Waals surface area (Å²) in [6.45, 7) is 3.80.